The molecule has 0 heterocycles. The monoisotopic (exact) mass is 421 g/mol. The van der Waals surface area contributed by atoms with E-state index in [-0.39, 0.29) is 24.8 Å². The summed E-state index contributed by atoms with van der Waals surface area (Å²) in [6.07, 6.45) is -0.351. The lowest BCUT2D eigenvalue weighted by Crippen LogP contribution is -2.36. The Bertz CT molecular complexity index is 704. The number of benzene rings is 2. The maximum Gasteiger partial charge on any atom is 0.191 e. The Morgan fingerprint density at radius 1 is 1.07 bits per heavy atom. The zero-order valence-corrected chi connectivity index (χ0v) is 17.9. The van der Waals surface area contributed by atoms with Crippen LogP contribution >= 0.6 is 12.4 Å². The summed E-state index contributed by atoms with van der Waals surface area (Å²) in [6.45, 7) is 4.49. The highest BCUT2D eigenvalue weighted by Gasteiger charge is 2.22. The van der Waals surface area contributed by atoms with Crippen LogP contribution < -0.4 is 5.32 Å². The lowest BCUT2D eigenvalue weighted by molar-refractivity contribution is -0.00233. The predicted octanol–water partition coefficient (Wildman–Crippen LogP) is 3.03. The van der Waals surface area contributed by atoms with Crippen molar-refractivity contribution in [2.75, 3.05) is 19.7 Å². The van der Waals surface area contributed by atoms with E-state index in [4.69, 9.17) is 4.74 Å². The lowest BCUT2D eigenvalue weighted by atomic mass is 10.00. The molecule has 0 aliphatic carbocycles. The van der Waals surface area contributed by atoms with Gasteiger partial charge in [0.25, 0.3) is 0 Å². The molecule has 2 aromatic carbocycles. The summed E-state index contributed by atoms with van der Waals surface area (Å²) in [7, 11) is 0. The zero-order valence-electron chi connectivity index (χ0n) is 17.1. The van der Waals surface area contributed by atoms with Crippen molar-refractivity contribution < 1.29 is 19.7 Å². The number of ether oxygens (including phenoxy) is 1. The molecule has 2 rings (SSSR count). The van der Waals surface area contributed by atoms with Gasteiger partial charge in [0.1, 0.15) is 6.10 Å². The Balaban J connectivity index is 0.00000420. The van der Waals surface area contributed by atoms with Crippen LogP contribution in [0.2, 0.25) is 0 Å². The molecule has 2 aromatic rings. The summed E-state index contributed by atoms with van der Waals surface area (Å²) in [6, 6.07) is 18.8. The Labute approximate surface area is 179 Å². The number of nitrogens with one attached hydrogen (secondary N) is 1. The fourth-order valence-electron chi connectivity index (χ4n) is 2.79. The van der Waals surface area contributed by atoms with Gasteiger partial charge >= 0.3 is 0 Å². The molecule has 29 heavy (non-hydrogen) atoms. The highest BCUT2D eigenvalue weighted by molar-refractivity contribution is 5.99. The summed E-state index contributed by atoms with van der Waals surface area (Å²) in [5, 5.41) is 23.0. The van der Waals surface area contributed by atoms with Crippen LogP contribution in [0.3, 0.4) is 0 Å². The molecule has 0 aromatic heterocycles. The predicted molar refractivity (Wildman–Crippen MR) is 118 cm³/mol. The highest BCUT2D eigenvalue weighted by atomic mass is 35.5. The van der Waals surface area contributed by atoms with Crippen molar-refractivity contribution in [2.24, 2.45) is 0 Å². The molecule has 0 saturated carbocycles. The van der Waals surface area contributed by atoms with Crippen molar-refractivity contribution in [3.63, 3.8) is 0 Å². The molecule has 0 bridgehead atoms. The van der Waals surface area contributed by atoms with E-state index in [1.165, 1.54) is 0 Å². The van der Waals surface area contributed by atoms with Crippen LogP contribution in [-0.4, -0.2) is 53.5 Å². The van der Waals surface area contributed by atoms with E-state index in [1.807, 2.05) is 48.5 Å². The van der Waals surface area contributed by atoms with Crippen LogP contribution in [0.1, 0.15) is 36.2 Å². The minimum atomic E-state index is -0.739. The van der Waals surface area contributed by atoms with Crippen LogP contribution in [0, 0.1) is 0 Å². The first-order chi connectivity index (χ1) is 13.3. The van der Waals surface area contributed by atoms with E-state index >= 15 is 0 Å². The molecule has 0 amide bonds. The third-order valence-corrected chi connectivity index (χ3v) is 4.40. The Hall–Kier alpha value is -1.76. The first-order valence-corrected chi connectivity index (χ1v) is 9.71. The largest absolute Gasteiger partial charge is 0.390 e. The van der Waals surface area contributed by atoms with E-state index in [0.717, 1.165) is 5.56 Å². The first-order valence-electron chi connectivity index (χ1n) is 9.71. The molecule has 0 radical (unpaired) electrons. The number of Topliss-reactive ketones (excluding diaryl/α,β-unsaturated/α-hetero) is 1. The summed E-state index contributed by atoms with van der Waals surface area (Å²) < 4.78 is 5.83. The van der Waals surface area contributed by atoms with Crippen LogP contribution in [0.5, 0.6) is 0 Å². The number of halogens is 1. The summed E-state index contributed by atoms with van der Waals surface area (Å²) in [5.41, 5.74) is 0.868. The van der Waals surface area contributed by atoms with Gasteiger partial charge in [0.15, 0.2) is 5.78 Å². The van der Waals surface area contributed by atoms with Gasteiger partial charge in [-0.3, -0.25) is 4.79 Å². The second kappa shape index (κ2) is 12.7. The third-order valence-electron chi connectivity index (χ3n) is 4.40. The molecule has 0 aliphatic rings. The molecule has 0 saturated heterocycles. The number of hydrogen-bond acceptors (Lipinski definition) is 5. The topological polar surface area (TPSA) is 78.8 Å². The Kier molecular flexibility index (Phi) is 11.1. The average Bonchev–Trinajstić information content (AvgIpc) is 2.68. The Morgan fingerprint density at radius 3 is 2.24 bits per heavy atom. The van der Waals surface area contributed by atoms with Crippen molar-refractivity contribution >= 4 is 18.2 Å². The zero-order chi connectivity index (χ0) is 20.4. The number of carbonyl (C=O) groups is 1. The van der Waals surface area contributed by atoms with Gasteiger partial charge in [-0.1, -0.05) is 60.7 Å². The fraction of sp³-hybridized carbons (Fsp3) is 0.435. The third kappa shape index (κ3) is 10.0. The molecule has 3 N–H and O–H groups in total. The maximum absolute atomic E-state index is 12.9. The molecule has 0 aliphatic heterocycles. The van der Waals surface area contributed by atoms with Gasteiger partial charge < -0.3 is 20.3 Å². The van der Waals surface area contributed by atoms with Crippen LogP contribution in [0.25, 0.3) is 0 Å². The van der Waals surface area contributed by atoms with Crippen molar-refractivity contribution in [3.05, 3.63) is 71.8 Å². The van der Waals surface area contributed by atoms with Gasteiger partial charge in [-0.2, -0.15) is 0 Å². The molecular formula is C23H32ClNO4. The quantitative estimate of drug-likeness (QED) is 0.362. The normalized spacial score (nSPS) is 13.4. The van der Waals surface area contributed by atoms with Gasteiger partial charge in [0.2, 0.25) is 0 Å². The first kappa shape index (κ1) is 25.3. The van der Waals surface area contributed by atoms with Gasteiger partial charge in [-0.15, -0.1) is 12.4 Å². The minimum Gasteiger partial charge on any atom is -0.390 e. The number of aliphatic hydroxyl groups excluding tert-OH is 1. The number of hydrogen-bond donors (Lipinski definition) is 3. The van der Waals surface area contributed by atoms with Crippen molar-refractivity contribution in [2.45, 2.75) is 44.5 Å². The summed E-state index contributed by atoms with van der Waals surface area (Å²) >= 11 is 0. The number of rotatable bonds is 12. The van der Waals surface area contributed by atoms with Crippen LogP contribution in [0.4, 0.5) is 0 Å². The van der Waals surface area contributed by atoms with Gasteiger partial charge in [-0.25, -0.2) is 0 Å². The maximum atomic E-state index is 12.9. The Morgan fingerprint density at radius 2 is 1.66 bits per heavy atom. The molecule has 5 nitrogen and oxygen atoms in total. The number of ketones is 1. The van der Waals surface area contributed by atoms with E-state index in [1.54, 1.807) is 26.0 Å². The molecule has 2 atom stereocenters. The molecule has 0 fully saturated rings. The minimum absolute atomic E-state index is 0. The van der Waals surface area contributed by atoms with E-state index in [0.29, 0.717) is 31.5 Å². The summed E-state index contributed by atoms with van der Waals surface area (Å²) in [4.78, 5) is 12.9. The van der Waals surface area contributed by atoms with Crippen molar-refractivity contribution in [1.82, 2.24) is 5.32 Å². The average molecular weight is 422 g/mol. The van der Waals surface area contributed by atoms with Gasteiger partial charge in [0.05, 0.1) is 18.3 Å². The van der Waals surface area contributed by atoms with Crippen LogP contribution in [0.15, 0.2) is 60.7 Å². The fourth-order valence-corrected chi connectivity index (χ4v) is 2.79. The number of carbonyl (C=O) groups excluding carboxylic acids is 1. The smallest absolute Gasteiger partial charge is 0.191 e. The van der Waals surface area contributed by atoms with E-state index in [9.17, 15) is 15.0 Å². The number of aliphatic hydroxyl groups is 2. The molecule has 160 valence electrons. The van der Waals surface area contributed by atoms with E-state index in [2.05, 4.69) is 5.32 Å². The van der Waals surface area contributed by atoms with Crippen LogP contribution in [-0.2, 0) is 11.2 Å². The van der Waals surface area contributed by atoms with Crippen molar-refractivity contribution in [1.29, 1.82) is 0 Å². The van der Waals surface area contributed by atoms with Gasteiger partial charge in [0, 0.05) is 18.5 Å². The molecule has 2 unspecified atom stereocenters. The highest BCUT2D eigenvalue weighted by Crippen LogP contribution is 2.13. The molecular weight excluding hydrogens is 390 g/mol. The summed E-state index contributed by atoms with van der Waals surface area (Å²) in [5.74, 6) is -0.0911. The second-order valence-corrected chi connectivity index (χ2v) is 7.66. The lowest BCUT2D eigenvalue weighted by Gasteiger charge is -2.21. The SMILES string of the molecule is CC(C)(O)CCNCC(O)COC(Cc1ccccc1)C(=O)c1ccccc1.Cl. The van der Waals surface area contributed by atoms with Crippen molar-refractivity contribution in [3.8, 4) is 0 Å². The second-order valence-electron chi connectivity index (χ2n) is 7.66. The van der Waals surface area contributed by atoms with E-state index < -0.39 is 17.8 Å². The van der Waals surface area contributed by atoms with Gasteiger partial charge in [-0.05, 0) is 32.4 Å². The molecule has 0 spiro atoms. The molecule has 6 heteroatoms. The standard InChI is InChI=1S/C23H31NO4.ClH/c1-23(2,27)13-14-24-16-20(25)17-28-21(15-18-9-5-3-6-10-18)22(26)19-11-7-4-8-12-19;/h3-12,20-21,24-25,27H,13-17H2,1-2H3;1H.